The summed E-state index contributed by atoms with van der Waals surface area (Å²) in [5.41, 5.74) is 3.35. The Labute approximate surface area is 173 Å². The van der Waals surface area contributed by atoms with Crippen molar-refractivity contribution in [1.29, 1.82) is 0 Å². The summed E-state index contributed by atoms with van der Waals surface area (Å²) >= 11 is 0. The van der Waals surface area contributed by atoms with Gasteiger partial charge in [0.05, 0.1) is 12.4 Å². The van der Waals surface area contributed by atoms with E-state index in [0.717, 1.165) is 22.6 Å². The smallest absolute Gasteiger partial charge is 0.210 e. The van der Waals surface area contributed by atoms with E-state index in [0.29, 0.717) is 5.75 Å². The summed E-state index contributed by atoms with van der Waals surface area (Å²) in [5.74, 6) is -0.949. The minimum absolute atomic E-state index is 0.0125. The molecule has 0 fully saturated rings. The Morgan fingerprint density at radius 2 is 1.53 bits per heavy atom. The predicted octanol–water partition coefficient (Wildman–Crippen LogP) is 5.97. The topological polar surface area (TPSA) is 39.9 Å². The summed E-state index contributed by atoms with van der Waals surface area (Å²) in [4.78, 5) is 3.93. The van der Waals surface area contributed by atoms with E-state index < -0.39 is 11.6 Å². The van der Waals surface area contributed by atoms with Crippen LogP contribution in [-0.4, -0.2) is 14.8 Å². The first-order valence-corrected chi connectivity index (χ1v) is 9.55. The third-order valence-corrected chi connectivity index (χ3v) is 5.18. The molecule has 0 atom stereocenters. The van der Waals surface area contributed by atoms with Crippen LogP contribution in [0.4, 0.5) is 8.78 Å². The molecule has 4 nitrogen and oxygen atoms in total. The molecule has 4 aromatic rings. The maximum absolute atomic E-state index is 14.8. The van der Waals surface area contributed by atoms with Gasteiger partial charge in [0, 0.05) is 17.7 Å². The van der Waals surface area contributed by atoms with Crippen LogP contribution in [0.25, 0.3) is 5.82 Å². The molecule has 152 valence electrons. The highest BCUT2D eigenvalue weighted by atomic mass is 19.1. The quantitative estimate of drug-likeness (QED) is 0.411. The molecule has 0 aliphatic carbocycles. The molecule has 2 aromatic carbocycles. The summed E-state index contributed by atoms with van der Waals surface area (Å²) in [5, 5.41) is 3.75. The molecule has 0 N–H and O–H groups in total. The van der Waals surface area contributed by atoms with Crippen LogP contribution in [0.1, 0.15) is 30.5 Å². The number of hydrogen-bond acceptors (Lipinski definition) is 3. The molecule has 0 bridgehead atoms. The Kier molecular flexibility index (Phi) is 5.08. The van der Waals surface area contributed by atoms with Crippen molar-refractivity contribution >= 4 is 0 Å². The molecule has 0 aliphatic rings. The highest BCUT2D eigenvalue weighted by Crippen LogP contribution is 2.34. The second-order valence-corrected chi connectivity index (χ2v) is 7.67. The van der Waals surface area contributed by atoms with Crippen molar-refractivity contribution < 1.29 is 13.5 Å². The minimum atomic E-state index is -0.718. The fourth-order valence-corrected chi connectivity index (χ4v) is 3.27. The number of benzene rings is 2. The van der Waals surface area contributed by atoms with E-state index in [1.165, 1.54) is 23.4 Å². The van der Waals surface area contributed by atoms with Crippen molar-refractivity contribution in [2.24, 2.45) is 0 Å². The minimum Gasteiger partial charge on any atom is -0.454 e. The van der Waals surface area contributed by atoms with E-state index in [1.54, 1.807) is 12.1 Å². The maximum Gasteiger partial charge on any atom is 0.210 e. The molecule has 2 aromatic heterocycles. The first-order chi connectivity index (χ1) is 14.3. The lowest BCUT2D eigenvalue weighted by molar-refractivity contribution is 0.436. The first-order valence-electron chi connectivity index (χ1n) is 9.55. The third kappa shape index (κ3) is 3.81. The zero-order chi connectivity index (χ0) is 21.3. The molecule has 0 radical (unpaired) electrons. The number of halogens is 2. The monoisotopic (exact) mass is 405 g/mol. The van der Waals surface area contributed by atoms with Gasteiger partial charge in [-0.25, -0.2) is 14.1 Å². The summed E-state index contributed by atoms with van der Waals surface area (Å²) in [7, 11) is 0. The summed E-state index contributed by atoms with van der Waals surface area (Å²) in [6.07, 6.45) is 3.43. The molecule has 0 unspecified atom stereocenters. The lowest BCUT2D eigenvalue weighted by Crippen LogP contribution is -2.18. The van der Waals surface area contributed by atoms with Gasteiger partial charge in [0.25, 0.3) is 0 Å². The average Bonchev–Trinajstić information content (AvgIpc) is 3.16. The van der Waals surface area contributed by atoms with Crippen molar-refractivity contribution in [3.8, 4) is 17.3 Å². The normalized spacial score (nSPS) is 11.5. The number of aryl methyl sites for hydroxylation is 1. The van der Waals surface area contributed by atoms with Gasteiger partial charge in [-0.15, -0.1) is 0 Å². The van der Waals surface area contributed by atoms with Gasteiger partial charge in [-0.2, -0.15) is 9.49 Å². The van der Waals surface area contributed by atoms with E-state index in [1.807, 2.05) is 12.1 Å². The molecule has 4 rings (SSSR count). The Hall–Kier alpha value is -3.54. The van der Waals surface area contributed by atoms with E-state index in [2.05, 4.69) is 55.1 Å². The number of ether oxygens (including phenoxy) is 1. The summed E-state index contributed by atoms with van der Waals surface area (Å²) < 4.78 is 34.8. The number of aromatic nitrogens is 3. The van der Waals surface area contributed by atoms with Crippen LogP contribution in [0.3, 0.4) is 0 Å². The molecular weight excluding hydrogens is 384 g/mol. The van der Waals surface area contributed by atoms with Crippen LogP contribution >= 0.6 is 0 Å². The van der Waals surface area contributed by atoms with Gasteiger partial charge < -0.3 is 4.74 Å². The van der Waals surface area contributed by atoms with Crippen LogP contribution in [-0.2, 0) is 5.41 Å². The summed E-state index contributed by atoms with van der Waals surface area (Å²) in [6, 6.07) is 17.4. The summed E-state index contributed by atoms with van der Waals surface area (Å²) in [6.45, 7) is 6.38. The molecule has 0 spiro atoms. The van der Waals surface area contributed by atoms with Gasteiger partial charge in [0.15, 0.2) is 17.4 Å². The molecule has 2 heterocycles. The van der Waals surface area contributed by atoms with Gasteiger partial charge in [0.1, 0.15) is 5.75 Å². The van der Waals surface area contributed by atoms with E-state index >= 15 is 0 Å². The highest BCUT2D eigenvalue weighted by molar-refractivity contribution is 5.43. The largest absolute Gasteiger partial charge is 0.454 e. The van der Waals surface area contributed by atoms with Crippen molar-refractivity contribution in [3.63, 3.8) is 0 Å². The molecule has 0 aliphatic heterocycles. The highest BCUT2D eigenvalue weighted by Gasteiger charge is 2.23. The zero-order valence-electron chi connectivity index (χ0n) is 16.9. The van der Waals surface area contributed by atoms with Crippen LogP contribution in [0.5, 0.6) is 11.5 Å². The number of nitrogens with zero attached hydrogens (tertiary/aromatic N) is 3. The van der Waals surface area contributed by atoms with E-state index in [4.69, 9.17) is 4.74 Å². The van der Waals surface area contributed by atoms with Gasteiger partial charge >= 0.3 is 0 Å². The fraction of sp³-hybridized carbons (Fsp3) is 0.167. The SMILES string of the molecule is Cc1ccc(C(C)(C)c2ccc(Oc3ccnc(-n4cc(F)cn4)c3F)cc2)cc1. The second kappa shape index (κ2) is 7.71. The third-order valence-electron chi connectivity index (χ3n) is 5.18. The first kappa shape index (κ1) is 19.8. The van der Waals surface area contributed by atoms with Crippen LogP contribution in [0.15, 0.2) is 73.2 Å². The zero-order valence-corrected chi connectivity index (χ0v) is 16.9. The Balaban J connectivity index is 1.58. The standard InChI is InChI=1S/C24H21F2N3O/c1-16-4-6-17(7-5-16)24(2,3)18-8-10-20(11-9-18)30-21-12-13-27-23(22(21)26)29-15-19(25)14-28-29/h4-15H,1-3H3. The number of hydrogen-bond donors (Lipinski definition) is 0. The number of rotatable bonds is 5. The van der Waals surface area contributed by atoms with E-state index in [9.17, 15) is 8.78 Å². The lowest BCUT2D eigenvalue weighted by Gasteiger charge is -2.26. The van der Waals surface area contributed by atoms with Gasteiger partial charge in [-0.1, -0.05) is 55.8 Å². The van der Waals surface area contributed by atoms with Crippen molar-refractivity contribution in [2.75, 3.05) is 0 Å². The number of pyridine rings is 1. The molecular formula is C24H21F2N3O. The van der Waals surface area contributed by atoms with E-state index in [-0.39, 0.29) is 17.0 Å². The molecule has 30 heavy (non-hydrogen) atoms. The maximum atomic E-state index is 14.8. The van der Waals surface area contributed by atoms with Gasteiger partial charge in [-0.05, 0) is 30.2 Å². The van der Waals surface area contributed by atoms with Crippen molar-refractivity contribution in [2.45, 2.75) is 26.2 Å². The molecule has 0 saturated carbocycles. The fourth-order valence-electron chi connectivity index (χ4n) is 3.27. The molecule has 0 amide bonds. The van der Waals surface area contributed by atoms with Gasteiger partial charge in [-0.3, -0.25) is 0 Å². The van der Waals surface area contributed by atoms with Crippen LogP contribution in [0.2, 0.25) is 0 Å². The van der Waals surface area contributed by atoms with Crippen LogP contribution < -0.4 is 4.74 Å². The lowest BCUT2D eigenvalue weighted by atomic mass is 9.78. The second-order valence-electron chi connectivity index (χ2n) is 7.67. The molecule has 6 heteroatoms. The molecule has 0 saturated heterocycles. The van der Waals surface area contributed by atoms with Crippen molar-refractivity contribution in [3.05, 3.63) is 102 Å². The Morgan fingerprint density at radius 3 is 2.13 bits per heavy atom. The predicted molar refractivity (Wildman–Crippen MR) is 111 cm³/mol. The van der Waals surface area contributed by atoms with Crippen molar-refractivity contribution in [1.82, 2.24) is 14.8 Å². The average molecular weight is 405 g/mol. The Morgan fingerprint density at radius 1 is 0.900 bits per heavy atom. The van der Waals surface area contributed by atoms with Crippen LogP contribution in [0, 0.1) is 18.6 Å². The Bertz CT molecular complexity index is 1170. The van der Waals surface area contributed by atoms with Gasteiger partial charge in [0.2, 0.25) is 5.82 Å².